The van der Waals surface area contributed by atoms with Crippen LogP contribution in [0.2, 0.25) is 0 Å². The number of aryl methyl sites for hydroxylation is 2. The lowest BCUT2D eigenvalue weighted by molar-refractivity contribution is -0.120. The molecule has 0 radical (unpaired) electrons. The third kappa shape index (κ3) is 4.68. The van der Waals surface area contributed by atoms with Crippen molar-refractivity contribution in [2.24, 2.45) is 5.92 Å². The molecule has 2 aromatic carbocycles. The molecule has 0 aliphatic carbocycles. The zero-order chi connectivity index (χ0) is 21.9. The summed E-state index contributed by atoms with van der Waals surface area (Å²) < 4.78 is 33.1. The van der Waals surface area contributed by atoms with Gasteiger partial charge in [0.2, 0.25) is 15.9 Å². The molecule has 2 aromatic rings. The molecule has 0 atom stereocenters. The molecule has 1 saturated heterocycles. The molecule has 0 saturated carbocycles. The first-order valence-corrected chi connectivity index (χ1v) is 11.8. The number of carbonyl (C=O) groups excluding carboxylic acids is 1. The molecule has 0 spiro atoms. The number of benzene rings is 2. The van der Waals surface area contributed by atoms with Gasteiger partial charge < -0.3 is 10.1 Å². The molecule has 1 N–H and O–H groups in total. The molecule has 3 rings (SSSR count). The summed E-state index contributed by atoms with van der Waals surface area (Å²) in [6.07, 6.45) is 1.01. The van der Waals surface area contributed by atoms with Crippen molar-refractivity contribution in [2.45, 2.75) is 45.4 Å². The van der Waals surface area contributed by atoms with Gasteiger partial charge in [0.25, 0.3) is 0 Å². The minimum Gasteiger partial charge on any atom is -0.494 e. The van der Waals surface area contributed by atoms with Gasteiger partial charge in [0, 0.05) is 24.7 Å². The highest BCUT2D eigenvalue weighted by Crippen LogP contribution is 2.28. The maximum absolute atomic E-state index is 13.0. The van der Waals surface area contributed by atoms with Gasteiger partial charge in [-0.1, -0.05) is 12.1 Å². The van der Waals surface area contributed by atoms with Crippen LogP contribution in [0, 0.1) is 26.7 Å². The van der Waals surface area contributed by atoms with Crippen LogP contribution in [0.25, 0.3) is 0 Å². The number of hydrogen-bond donors (Lipinski definition) is 1. The van der Waals surface area contributed by atoms with Crippen molar-refractivity contribution in [3.05, 3.63) is 53.1 Å². The Bertz CT molecular complexity index is 1030. The van der Waals surface area contributed by atoms with Crippen LogP contribution in [0.1, 0.15) is 36.5 Å². The van der Waals surface area contributed by atoms with E-state index in [0.717, 1.165) is 22.4 Å². The smallest absolute Gasteiger partial charge is 0.243 e. The van der Waals surface area contributed by atoms with E-state index in [1.807, 2.05) is 45.9 Å². The van der Waals surface area contributed by atoms with Crippen molar-refractivity contribution in [3.63, 3.8) is 0 Å². The molecule has 162 valence electrons. The molecule has 1 amide bonds. The number of nitrogens with one attached hydrogen (secondary N) is 1. The molecule has 1 fully saturated rings. The molecule has 0 unspecified atom stereocenters. The topological polar surface area (TPSA) is 75.7 Å². The van der Waals surface area contributed by atoms with Crippen LogP contribution in [-0.4, -0.2) is 38.3 Å². The fourth-order valence-electron chi connectivity index (χ4n) is 3.73. The SMILES string of the molecule is CCOc1ccc(S(=O)(=O)N2CCC(C(=O)Nc3cccc(C)c3C)CC2)cc1C. The monoisotopic (exact) mass is 430 g/mol. The molecular formula is C23H30N2O4S. The third-order valence-electron chi connectivity index (χ3n) is 5.77. The summed E-state index contributed by atoms with van der Waals surface area (Å²) in [7, 11) is -3.59. The number of carbonyl (C=O) groups is 1. The van der Waals surface area contributed by atoms with E-state index in [0.29, 0.717) is 38.3 Å². The Balaban J connectivity index is 1.65. The van der Waals surface area contributed by atoms with Crippen molar-refractivity contribution in [3.8, 4) is 5.75 Å². The fourth-order valence-corrected chi connectivity index (χ4v) is 5.28. The van der Waals surface area contributed by atoms with Crippen LogP contribution in [0.5, 0.6) is 5.75 Å². The van der Waals surface area contributed by atoms with E-state index in [-0.39, 0.29) is 16.7 Å². The highest BCUT2D eigenvalue weighted by Gasteiger charge is 2.32. The molecule has 1 aliphatic rings. The second-order valence-electron chi connectivity index (χ2n) is 7.78. The zero-order valence-electron chi connectivity index (χ0n) is 18.1. The summed E-state index contributed by atoms with van der Waals surface area (Å²) in [6, 6.07) is 10.8. The van der Waals surface area contributed by atoms with E-state index < -0.39 is 10.0 Å². The average Bonchev–Trinajstić information content (AvgIpc) is 2.73. The lowest BCUT2D eigenvalue weighted by Gasteiger charge is -2.30. The number of hydrogen-bond acceptors (Lipinski definition) is 4. The quantitative estimate of drug-likeness (QED) is 0.750. The Labute approximate surface area is 179 Å². The van der Waals surface area contributed by atoms with Crippen LogP contribution in [-0.2, 0) is 14.8 Å². The normalized spacial score (nSPS) is 15.7. The van der Waals surface area contributed by atoms with Crippen LogP contribution in [0.4, 0.5) is 5.69 Å². The highest BCUT2D eigenvalue weighted by atomic mass is 32.2. The summed E-state index contributed by atoms with van der Waals surface area (Å²) in [6.45, 7) is 8.93. The minimum atomic E-state index is -3.59. The summed E-state index contributed by atoms with van der Waals surface area (Å²) in [5, 5.41) is 3.01. The van der Waals surface area contributed by atoms with Gasteiger partial charge in [0.15, 0.2) is 0 Å². The maximum atomic E-state index is 13.0. The van der Waals surface area contributed by atoms with Crippen LogP contribution in [0.3, 0.4) is 0 Å². The highest BCUT2D eigenvalue weighted by molar-refractivity contribution is 7.89. The van der Waals surface area contributed by atoms with Crippen LogP contribution >= 0.6 is 0 Å². The Morgan fingerprint density at radius 1 is 1.10 bits per heavy atom. The summed E-state index contributed by atoms with van der Waals surface area (Å²) in [5.41, 5.74) is 3.79. The molecular weight excluding hydrogens is 400 g/mol. The van der Waals surface area contributed by atoms with Gasteiger partial charge in [0.1, 0.15) is 5.75 Å². The number of amides is 1. The molecule has 6 nitrogen and oxygen atoms in total. The van der Waals surface area contributed by atoms with Crippen molar-refractivity contribution in [1.29, 1.82) is 0 Å². The van der Waals surface area contributed by atoms with Crippen molar-refractivity contribution >= 4 is 21.6 Å². The predicted molar refractivity (Wildman–Crippen MR) is 118 cm³/mol. The first-order valence-electron chi connectivity index (χ1n) is 10.3. The molecule has 1 heterocycles. The number of anilines is 1. The van der Waals surface area contributed by atoms with E-state index in [9.17, 15) is 13.2 Å². The Kier molecular flexibility index (Phi) is 6.83. The first kappa shape index (κ1) is 22.3. The Morgan fingerprint density at radius 3 is 2.43 bits per heavy atom. The maximum Gasteiger partial charge on any atom is 0.243 e. The summed E-state index contributed by atoms with van der Waals surface area (Å²) in [5.74, 6) is 0.453. The van der Waals surface area contributed by atoms with E-state index >= 15 is 0 Å². The Morgan fingerprint density at radius 2 is 1.80 bits per heavy atom. The van der Waals surface area contributed by atoms with E-state index in [2.05, 4.69) is 5.32 Å². The van der Waals surface area contributed by atoms with E-state index in [4.69, 9.17) is 4.74 Å². The number of nitrogens with zero attached hydrogens (tertiary/aromatic N) is 1. The van der Waals surface area contributed by atoms with E-state index in [1.54, 1.807) is 18.2 Å². The van der Waals surface area contributed by atoms with Gasteiger partial charge in [-0.05, 0) is 81.5 Å². The molecule has 0 bridgehead atoms. The lowest BCUT2D eigenvalue weighted by atomic mass is 9.97. The van der Waals surface area contributed by atoms with Crippen LogP contribution < -0.4 is 10.1 Å². The standard InChI is InChI=1S/C23H30N2O4S/c1-5-29-22-10-9-20(15-17(22)3)30(27,28)25-13-11-19(12-14-25)23(26)24-21-8-6-7-16(2)18(21)4/h6-10,15,19H,5,11-14H2,1-4H3,(H,24,26). The van der Waals surface area contributed by atoms with Gasteiger partial charge >= 0.3 is 0 Å². The van der Waals surface area contributed by atoms with Gasteiger partial charge in [-0.3, -0.25) is 4.79 Å². The van der Waals surface area contributed by atoms with Gasteiger partial charge in [-0.25, -0.2) is 8.42 Å². The average molecular weight is 431 g/mol. The number of ether oxygens (including phenoxy) is 1. The first-order chi connectivity index (χ1) is 14.2. The molecule has 30 heavy (non-hydrogen) atoms. The number of piperidine rings is 1. The second kappa shape index (κ2) is 9.18. The summed E-state index contributed by atoms with van der Waals surface area (Å²) in [4.78, 5) is 13.0. The van der Waals surface area contributed by atoms with Crippen molar-refractivity contribution in [1.82, 2.24) is 4.31 Å². The zero-order valence-corrected chi connectivity index (χ0v) is 18.9. The van der Waals surface area contributed by atoms with Gasteiger partial charge in [-0.15, -0.1) is 0 Å². The van der Waals surface area contributed by atoms with Crippen molar-refractivity contribution in [2.75, 3.05) is 25.0 Å². The van der Waals surface area contributed by atoms with Gasteiger partial charge in [0.05, 0.1) is 11.5 Å². The third-order valence-corrected chi connectivity index (χ3v) is 7.67. The molecule has 7 heteroatoms. The molecule has 0 aromatic heterocycles. The summed E-state index contributed by atoms with van der Waals surface area (Å²) >= 11 is 0. The van der Waals surface area contributed by atoms with Crippen LogP contribution in [0.15, 0.2) is 41.3 Å². The number of rotatable bonds is 6. The van der Waals surface area contributed by atoms with Crippen molar-refractivity contribution < 1.29 is 17.9 Å². The largest absolute Gasteiger partial charge is 0.494 e. The predicted octanol–water partition coefficient (Wildman–Crippen LogP) is 4.05. The fraction of sp³-hybridized carbons (Fsp3) is 0.435. The minimum absolute atomic E-state index is 0.0438. The van der Waals surface area contributed by atoms with E-state index in [1.165, 1.54) is 4.31 Å². The second-order valence-corrected chi connectivity index (χ2v) is 9.71. The Hall–Kier alpha value is -2.38. The molecule has 1 aliphatic heterocycles. The number of sulfonamides is 1. The van der Waals surface area contributed by atoms with Gasteiger partial charge in [-0.2, -0.15) is 4.31 Å². The lowest BCUT2D eigenvalue weighted by Crippen LogP contribution is -2.41.